The molecule has 3 rings (SSSR count). The molecular formula is C18H23N3O2S. The van der Waals surface area contributed by atoms with Gasteiger partial charge in [0.05, 0.1) is 12.4 Å². The van der Waals surface area contributed by atoms with Crippen molar-refractivity contribution >= 4 is 17.7 Å². The summed E-state index contributed by atoms with van der Waals surface area (Å²) in [5.74, 6) is 0.304. The van der Waals surface area contributed by atoms with Crippen molar-refractivity contribution in [3.8, 4) is 5.69 Å². The number of carbonyl (C=O) groups is 1. The first kappa shape index (κ1) is 17.0. The van der Waals surface area contributed by atoms with E-state index in [1.165, 1.54) is 22.9 Å². The Kier molecular flexibility index (Phi) is 4.96. The minimum atomic E-state index is -0.0573. The summed E-state index contributed by atoms with van der Waals surface area (Å²) < 4.78 is 2.00. The lowest BCUT2D eigenvalue weighted by molar-refractivity contribution is -0.118. The quantitative estimate of drug-likeness (QED) is 0.757. The number of thioether (sulfide) groups is 1. The molecule has 0 atom stereocenters. The molecule has 24 heavy (non-hydrogen) atoms. The second kappa shape index (κ2) is 6.99. The van der Waals surface area contributed by atoms with E-state index in [1.54, 1.807) is 6.20 Å². The van der Waals surface area contributed by atoms with Crippen molar-refractivity contribution in [3.05, 3.63) is 41.7 Å². The van der Waals surface area contributed by atoms with Crippen LogP contribution in [0.3, 0.4) is 0 Å². The Balaban J connectivity index is 1.59. The van der Waals surface area contributed by atoms with Gasteiger partial charge >= 0.3 is 0 Å². The number of aliphatic hydroxyl groups excluding tert-OH is 1. The monoisotopic (exact) mass is 345 g/mol. The van der Waals surface area contributed by atoms with E-state index in [0.29, 0.717) is 12.3 Å². The summed E-state index contributed by atoms with van der Waals surface area (Å²) in [7, 11) is 0. The van der Waals surface area contributed by atoms with Crippen molar-refractivity contribution < 1.29 is 9.90 Å². The lowest BCUT2D eigenvalue weighted by Crippen LogP contribution is -2.33. The van der Waals surface area contributed by atoms with Gasteiger partial charge in [-0.05, 0) is 49.9 Å². The van der Waals surface area contributed by atoms with Crippen molar-refractivity contribution in [2.45, 2.75) is 31.8 Å². The van der Waals surface area contributed by atoms with Crippen molar-refractivity contribution in [1.82, 2.24) is 14.9 Å². The first-order valence-electron chi connectivity index (χ1n) is 8.14. The van der Waals surface area contributed by atoms with E-state index in [9.17, 15) is 9.90 Å². The fourth-order valence-corrected chi connectivity index (χ4v) is 3.31. The average molecular weight is 345 g/mol. The van der Waals surface area contributed by atoms with E-state index in [2.05, 4.69) is 42.3 Å². The number of nitrogens with one attached hydrogen (secondary N) is 1. The van der Waals surface area contributed by atoms with Crippen LogP contribution in [0.1, 0.15) is 24.0 Å². The van der Waals surface area contributed by atoms with Gasteiger partial charge < -0.3 is 10.4 Å². The summed E-state index contributed by atoms with van der Waals surface area (Å²) in [5, 5.41) is 13.0. The molecule has 1 aliphatic rings. The number of imidazole rings is 1. The number of aryl methyl sites for hydroxylation is 2. The molecule has 1 saturated carbocycles. The maximum Gasteiger partial charge on any atom is 0.230 e. The van der Waals surface area contributed by atoms with E-state index in [-0.39, 0.29) is 17.9 Å². The van der Waals surface area contributed by atoms with Gasteiger partial charge in [-0.1, -0.05) is 17.8 Å². The number of amides is 1. The molecule has 1 heterocycles. The summed E-state index contributed by atoms with van der Waals surface area (Å²) in [4.78, 5) is 16.4. The van der Waals surface area contributed by atoms with Crippen molar-refractivity contribution in [3.63, 3.8) is 0 Å². The zero-order valence-electron chi connectivity index (χ0n) is 14.1. The highest BCUT2D eigenvalue weighted by atomic mass is 32.2. The van der Waals surface area contributed by atoms with Gasteiger partial charge in [-0.25, -0.2) is 4.98 Å². The van der Waals surface area contributed by atoms with E-state index >= 15 is 0 Å². The fraction of sp³-hybridized carbons (Fsp3) is 0.444. The molecular weight excluding hydrogens is 322 g/mol. The Labute approximate surface area is 146 Å². The molecule has 6 heteroatoms. The fourth-order valence-electron chi connectivity index (χ4n) is 2.50. The third-order valence-corrected chi connectivity index (χ3v) is 5.63. The molecule has 128 valence electrons. The normalized spacial score (nSPS) is 15.3. The summed E-state index contributed by atoms with van der Waals surface area (Å²) in [6, 6.07) is 6.28. The minimum Gasteiger partial charge on any atom is -0.396 e. The molecule has 1 aromatic heterocycles. The van der Waals surface area contributed by atoms with Gasteiger partial charge in [0.15, 0.2) is 5.16 Å². The first-order chi connectivity index (χ1) is 11.5. The van der Waals surface area contributed by atoms with Crippen LogP contribution in [0.25, 0.3) is 5.69 Å². The lowest BCUT2D eigenvalue weighted by Gasteiger charge is -2.13. The molecule has 0 radical (unpaired) electrons. The Hall–Kier alpha value is -1.79. The van der Waals surface area contributed by atoms with Crippen LogP contribution in [0.2, 0.25) is 0 Å². The van der Waals surface area contributed by atoms with Crippen molar-refractivity contribution in [1.29, 1.82) is 0 Å². The van der Waals surface area contributed by atoms with E-state index in [4.69, 9.17) is 0 Å². The Morgan fingerprint density at radius 2 is 2.17 bits per heavy atom. The molecule has 5 nitrogen and oxygen atoms in total. The molecule has 0 saturated heterocycles. The number of hydrogen-bond acceptors (Lipinski definition) is 4. The second-order valence-electron chi connectivity index (χ2n) is 6.57. The molecule has 0 unspecified atom stereocenters. The zero-order chi connectivity index (χ0) is 17.2. The second-order valence-corrected chi connectivity index (χ2v) is 7.51. The van der Waals surface area contributed by atoms with Gasteiger partial charge in [-0.3, -0.25) is 9.36 Å². The van der Waals surface area contributed by atoms with Gasteiger partial charge in [0.25, 0.3) is 0 Å². The summed E-state index contributed by atoms with van der Waals surface area (Å²) in [5.41, 5.74) is 3.48. The van der Waals surface area contributed by atoms with Gasteiger partial charge in [0.2, 0.25) is 5.91 Å². The molecule has 0 spiro atoms. The first-order valence-corrected chi connectivity index (χ1v) is 9.13. The smallest absolute Gasteiger partial charge is 0.230 e. The van der Waals surface area contributed by atoms with E-state index in [1.807, 2.05) is 10.8 Å². The molecule has 2 N–H and O–H groups in total. The van der Waals surface area contributed by atoms with Gasteiger partial charge in [-0.2, -0.15) is 0 Å². The van der Waals surface area contributed by atoms with Crippen LogP contribution in [-0.2, 0) is 4.79 Å². The summed E-state index contributed by atoms with van der Waals surface area (Å²) in [6.45, 7) is 4.89. The van der Waals surface area contributed by atoms with Crippen LogP contribution in [-0.4, -0.2) is 39.5 Å². The number of carbonyl (C=O) groups excluding carboxylic acids is 1. The van der Waals surface area contributed by atoms with E-state index in [0.717, 1.165) is 23.7 Å². The molecule has 1 fully saturated rings. The molecule has 0 bridgehead atoms. The lowest BCUT2D eigenvalue weighted by atomic mass is 10.1. The summed E-state index contributed by atoms with van der Waals surface area (Å²) in [6.07, 6.45) is 5.65. The summed E-state index contributed by atoms with van der Waals surface area (Å²) >= 11 is 1.42. The van der Waals surface area contributed by atoms with Crippen LogP contribution in [0.4, 0.5) is 0 Å². The minimum absolute atomic E-state index is 0.0191. The topological polar surface area (TPSA) is 67.2 Å². The largest absolute Gasteiger partial charge is 0.396 e. The van der Waals surface area contributed by atoms with Crippen molar-refractivity contribution in [2.75, 3.05) is 18.9 Å². The Bertz CT molecular complexity index is 738. The van der Waals surface area contributed by atoms with E-state index < -0.39 is 0 Å². The molecule has 2 aromatic rings. The van der Waals surface area contributed by atoms with Gasteiger partial charge in [-0.15, -0.1) is 0 Å². The number of aromatic nitrogens is 2. The molecule has 0 aliphatic heterocycles. The van der Waals surface area contributed by atoms with Crippen molar-refractivity contribution in [2.24, 2.45) is 5.41 Å². The highest BCUT2D eigenvalue weighted by Gasteiger charge is 2.41. The Morgan fingerprint density at radius 3 is 2.83 bits per heavy atom. The number of hydrogen-bond donors (Lipinski definition) is 2. The molecule has 1 amide bonds. The molecule has 1 aromatic carbocycles. The maximum atomic E-state index is 12.0. The van der Waals surface area contributed by atoms with Crippen LogP contribution in [0.15, 0.2) is 35.7 Å². The average Bonchev–Trinajstić information content (AvgIpc) is 3.22. The number of rotatable bonds is 7. The van der Waals surface area contributed by atoms with Crippen LogP contribution < -0.4 is 5.32 Å². The molecule has 1 aliphatic carbocycles. The maximum absolute atomic E-state index is 12.0. The highest BCUT2D eigenvalue weighted by Crippen LogP contribution is 2.44. The Morgan fingerprint density at radius 1 is 1.38 bits per heavy atom. The number of aliphatic hydroxyl groups is 1. The highest BCUT2D eigenvalue weighted by molar-refractivity contribution is 7.99. The zero-order valence-corrected chi connectivity index (χ0v) is 14.9. The van der Waals surface area contributed by atoms with Crippen LogP contribution in [0.5, 0.6) is 0 Å². The predicted octanol–water partition coefficient (Wildman–Crippen LogP) is 2.47. The third-order valence-electron chi connectivity index (χ3n) is 4.66. The van der Waals surface area contributed by atoms with Crippen LogP contribution in [0, 0.1) is 19.3 Å². The third kappa shape index (κ3) is 3.82. The number of nitrogens with zero attached hydrogens (tertiary/aromatic N) is 2. The standard InChI is InChI=1S/C18H23N3O2S/c1-13-3-4-15(9-14(13)2)21-8-7-19-17(21)24-10-16(23)20-11-18(12-22)5-6-18/h3-4,7-9,22H,5-6,10-12H2,1-2H3,(H,20,23). The van der Waals surface area contributed by atoms with Crippen LogP contribution >= 0.6 is 11.8 Å². The van der Waals surface area contributed by atoms with Gasteiger partial charge in [0, 0.05) is 30.0 Å². The number of benzene rings is 1. The van der Waals surface area contributed by atoms with Gasteiger partial charge in [0.1, 0.15) is 0 Å². The SMILES string of the molecule is Cc1ccc(-n2ccnc2SCC(=O)NCC2(CO)CC2)cc1C. The predicted molar refractivity (Wildman–Crippen MR) is 95.5 cm³/mol.